The third-order valence-electron chi connectivity index (χ3n) is 5.28. The van der Waals surface area contributed by atoms with Gasteiger partial charge in [0.25, 0.3) is 0 Å². The molecule has 0 heterocycles. The summed E-state index contributed by atoms with van der Waals surface area (Å²) in [7, 11) is 0. The molecule has 0 amide bonds. The summed E-state index contributed by atoms with van der Waals surface area (Å²) in [6.45, 7) is 5.14. The summed E-state index contributed by atoms with van der Waals surface area (Å²) in [6.07, 6.45) is 24.1. The van der Waals surface area contributed by atoms with Gasteiger partial charge in [-0.3, -0.25) is 0 Å². The maximum absolute atomic E-state index is 5.56. The molecule has 0 atom stereocenters. The molecule has 0 aromatic carbocycles. The Morgan fingerprint density at radius 1 is 0.680 bits per heavy atom. The first-order valence-corrected chi connectivity index (χ1v) is 12.6. The molecular weight excluding hydrogens is 324 g/mol. The van der Waals surface area contributed by atoms with Gasteiger partial charge in [0.05, 0.1) is 12.7 Å². The molecule has 0 aromatic rings. The molecule has 1 nitrogen and oxygen atoms in total. The van der Waals surface area contributed by atoms with Crippen LogP contribution in [0.2, 0.25) is 0 Å². The molecule has 0 bridgehead atoms. The zero-order chi connectivity index (χ0) is 18.0. The molecule has 1 rings (SSSR count). The zero-order valence-corrected chi connectivity index (χ0v) is 18.2. The maximum Gasteiger partial charge on any atom is 0.0560 e. The highest BCUT2D eigenvalue weighted by Crippen LogP contribution is 2.34. The van der Waals surface area contributed by atoms with E-state index in [1.807, 2.05) is 0 Å². The molecule has 25 heavy (non-hydrogen) atoms. The van der Waals surface area contributed by atoms with Gasteiger partial charge in [0.2, 0.25) is 0 Å². The molecular formula is C23H46OS. The van der Waals surface area contributed by atoms with E-state index in [2.05, 4.69) is 25.6 Å². The average molecular weight is 371 g/mol. The van der Waals surface area contributed by atoms with E-state index in [0.29, 0.717) is 6.10 Å². The van der Waals surface area contributed by atoms with Crippen molar-refractivity contribution in [2.24, 2.45) is 5.92 Å². The fourth-order valence-electron chi connectivity index (χ4n) is 3.43. The molecule has 1 saturated carbocycles. The minimum atomic E-state index is 0.387. The molecule has 0 spiro atoms. The number of rotatable bonds is 20. The predicted octanol–water partition coefficient (Wildman–Crippen LogP) is 8.02. The number of unbranched alkanes of at least 4 members (excludes halogenated alkanes) is 12. The first-order chi connectivity index (χ1) is 12.3. The van der Waals surface area contributed by atoms with Crippen LogP contribution in [0.1, 0.15) is 117 Å². The van der Waals surface area contributed by atoms with Crippen molar-refractivity contribution in [1.82, 2.24) is 0 Å². The van der Waals surface area contributed by atoms with Crippen LogP contribution in [0.5, 0.6) is 0 Å². The molecule has 1 fully saturated rings. The SMILES string of the molecule is CC(C)OCCSCCCCCCCCCCCCCCCC1CC1. The van der Waals surface area contributed by atoms with Crippen LogP contribution in [0.15, 0.2) is 0 Å². The lowest BCUT2D eigenvalue weighted by molar-refractivity contribution is 0.0920. The molecule has 2 heteroatoms. The summed E-state index contributed by atoms with van der Waals surface area (Å²) in [6, 6.07) is 0. The minimum Gasteiger partial charge on any atom is -0.378 e. The quantitative estimate of drug-likeness (QED) is 0.201. The smallest absolute Gasteiger partial charge is 0.0560 e. The van der Waals surface area contributed by atoms with Crippen LogP contribution in [-0.2, 0) is 4.74 Å². The Morgan fingerprint density at radius 3 is 1.64 bits per heavy atom. The highest BCUT2D eigenvalue weighted by atomic mass is 32.2. The van der Waals surface area contributed by atoms with Gasteiger partial charge in [-0.25, -0.2) is 0 Å². The summed E-state index contributed by atoms with van der Waals surface area (Å²) in [5.41, 5.74) is 0. The summed E-state index contributed by atoms with van der Waals surface area (Å²) in [5, 5.41) is 0. The monoisotopic (exact) mass is 370 g/mol. The van der Waals surface area contributed by atoms with Crippen LogP contribution in [0.25, 0.3) is 0 Å². The van der Waals surface area contributed by atoms with Gasteiger partial charge in [0, 0.05) is 5.75 Å². The van der Waals surface area contributed by atoms with E-state index in [1.54, 1.807) is 0 Å². The largest absolute Gasteiger partial charge is 0.378 e. The Morgan fingerprint density at radius 2 is 1.16 bits per heavy atom. The Bertz CT molecular complexity index is 245. The molecule has 0 N–H and O–H groups in total. The molecule has 0 radical (unpaired) electrons. The third kappa shape index (κ3) is 18.9. The minimum absolute atomic E-state index is 0.387. The second-order valence-corrected chi connectivity index (χ2v) is 9.58. The van der Waals surface area contributed by atoms with Gasteiger partial charge < -0.3 is 4.74 Å². The predicted molar refractivity (Wildman–Crippen MR) is 116 cm³/mol. The standard InChI is InChI=1S/C23H46OS/c1-22(2)24-19-21-25-20-15-13-11-9-7-5-3-4-6-8-10-12-14-16-23-17-18-23/h22-23H,3-21H2,1-2H3. The summed E-state index contributed by atoms with van der Waals surface area (Å²) in [5.74, 6) is 3.63. The van der Waals surface area contributed by atoms with Crippen molar-refractivity contribution in [3.05, 3.63) is 0 Å². The molecule has 0 aromatic heterocycles. The van der Waals surface area contributed by atoms with E-state index < -0.39 is 0 Å². The van der Waals surface area contributed by atoms with E-state index in [-0.39, 0.29) is 0 Å². The van der Waals surface area contributed by atoms with Gasteiger partial charge in [0.15, 0.2) is 0 Å². The van der Waals surface area contributed by atoms with Gasteiger partial charge in [-0.1, -0.05) is 96.3 Å². The van der Waals surface area contributed by atoms with E-state index >= 15 is 0 Å². The van der Waals surface area contributed by atoms with Gasteiger partial charge in [-0.05, 0) is 31.9 Å². The fourth-order valence-corrected chi connectivity index (χ4v) is 4.26. The van der Waals surface area contributed by atoms with Crippen LogP contribution >= 0.6 is 11.8 Å². The Labute approximate surface area is 163 Å². The molecule has 150 valence electrons. The van der Waals surface area contributed by atoms with E-state index in [4.69, 9.17) is 4.74 Å². The van der Waals surface area contributed by atoms with Gasteiger partial charge in [0.1, 0.15) is 0 Å². The summed E-state index contributed by atoms with van der Waals surface area (Å²) >= 11 is 2.06. The molecule has 0 aliphatic heterocycles. The number of thioether (sulfide) groups is 1. The Kier molecular flexibility index (Phi) is 16.5. The van der Waals surface area contributed by atoms with Crippen molar-refractivity contribution in [2.75, 3.05) is 18.1 Å². The lowest BCUT2D eigenvalue weighted by Gasteiger charge is -2.07. The Balaban J connectivity index is 1.60. The normalized spacial score (nSPS) is 14.5. The lowest BCUT2D eigenvalue weighted by Crippen LogP contribution is -2.05. The molecule has 0 saturated heterocycles. The highest BCUT2D eigenvalue weighted by Gasteiger charge is 2.19. The Hall–Kier alpha value is 0.310. The van der Waals surface area contributed by atoms with Crippen molar-refractivity contribution in [2.45, 2.75) is 123 Å². The molecule has 1 aliphatic rings. The van der Waals surface area contributed by atoms with Crippen LogP contribution in [0.4, 0.5) is 0 Å². The third-order valence-corrected chi connectivity index (χ3v) is 6.31. The molecule has 1 aliphatic carbocycles. The first-order valence-electron chi connectivity index (χ1n) is 11.5. The van der Waals surface area contributed by atoms with Crippen LogP contribution in [0.3, 0.4) is 0 Å². The second-order valence-electron chi connectivity index (χ2n) is 8.36. The van der Waals surface area contributed by atoms with E-state index in [0.717, 1.165) is 12.5 Å². The maximum atomic E-state index is 5.56. The first kappa shape index (κ1) is 23.3. The van der Waals surface area contributed by atoms with Crippen LogP contribution in [0, 0.1) is 5.92 Å². The van der Waals surface area contributed by atoms with Crippen LogP contribution < -0.4 is 0 Å². The van der Waals surface area contributed by atoms with Crippen LogP contribution in [-0.4, -0.2) is 24.2 Å². The zero-order valence-electron chi connectivity index (χ0n) is 17.4. The fraction of sp³-hybridized carbons (Fsp3) is 1.00. The number of ether oxygens (including phenoxy) is 1. The lowest BCUT2D eigenvalue weighted by atomic mass is 10.0. The number of hydrogen-bond acceptors (Lipinski definition) is 2. The van der Waals surface area contributed by atoms with Crippen molar-refractivity contribution >= 4 is 11.8 Å². The van der Waals surface area contributed by atoms with E-state index in [9.17, 15) is 0 Å². The second kappa shape index (κ2) is 17.7. The van der Waals surface area contributed by atoms with Gasteiger partial charge in [-0.2, -0.15) is 11.8 Å². The summed E-state index contributed by atoms with van der Waals surface area (Å²) < 4.78 is 5.56. The topological polar surface area (TPSA) is 9.23 Å². The molecule has 0 unspecified atom stereocenters. The number of hydrogen-bond donors (Lipinski definition) is 0. The highest BCUT2D eigenvalue weighted by molar-refractivity contribution is 7.99. The average Bonchev–Trinajstić information content (AvgIpc) is 3.41. The summed E-state index contributed by atoms with van der Waals surface area (Å²) in [4.78, 5) is 0. The van der Waals surface area contributed by atoms with Gasteiger partial charge >= 0.3 is 0 Å². The van der Waals surface area contributed by atoms with Crippen molar-refractivity contribution in [3.8, 4) is 0 Å². The van der Waals surface area contributed by atoms with E-state index in [1.165, 1.54) is 114 Å². The van der Waals surface area contributed by atoms with Gasteiger partial charge in [-0.15, -0.1) is 0 Å². The van der Waals surface area contributed by atoms with Crippen molar-refractivity contribution in [1.29, 1.82) is 0 Å². The van der Waals surface area contributed by atoms with Crippen molar-refractivity contribution in [3.63, 3.8) is 0 Å². The van der Waals surface area contributed by atoms with Crippen molar-refractivity contribution < 1.29 is 4.74 Å².